The average Bonchev–Trinajstić information content (AvgIpc) is 2.01. The van der Waals surface area contributed by atoms with Crippen LogP contribution < -0.4 is 11.3 Å². The molecule has 0 aliphatic rings. The first-order chi connectivity index (χ1) is 5.57. The van der Waals surface area contributed by atoms with Crippen LogP contribution in [0, 0.1) is 13.8 Å². The van der Waals surface area contributed by atoms with Crippen molar-refractivity contribution in [2.75, 3.05) is 5.43 Å². The first kappa shape index (κ1) is 9.84. The number of anilines is 1. The van der Waals surface area contributed by atoms with E-state index in [1.807, 2.05) is 19.9 Å². The minimum Gasteiger partial charge on any atom is -0.323 e. The summed E-state index contributed by atoms with van der Waals surface area (Å²) < 4.78 is 0.926. The number of hydrazine groups is 1. The molecule has 1 rings (SSSR count). The van der Waals surface area contributed by atoms with Crippen molar-refractivity contribution >= 4 is 33.2 Å². The number of hydrogen-bond acceptors (Lipinski definition) is 2. The molecule has 0 atom stereocenters. The van der Waals surface area contributed by atoms with E-state index in [0.717, 1.165) is 26.3 Å². The van der Waals surface area contributed by atoms with Crippen molar-refractivity contribution in [3.63, 3.8) is 0 Å². The highest BCUT2D eigenvalue weighted by molar-refractivity contribution is 9.10. The Morgan fingerprint density at radius 3 is 2.58 bits per heavy atom. The Bertz CT molecular complexity index is 312. The van der Waals surface area contributed by atoms with Crippen LogP contribution in [0.1, 0.15) is 11.1 Å². The number of nitrogen functional groups attached to an aromatic ring is 1. The van der Waals surface area contributed by atoms with Gasteiger partial charge in [0.1, 0.15) is 0 Å². The van der Waals surface area contributed by atoms with Crippen LogP contribution in [-0.2, 0) is 0 Å². The van der Waals surface area contributed by atoms with E-state index < -0.39 is 0 Å². The molecule has 0 aliphatic carbocycles. The second-order valence-electron chi connectivity index (χ2n) is 2.63. The smallest absolute Gasteiger partial charge is 0.0660 e. The molecule has 0 radical (unpaired) electrons. The second kappa shape index (κ2) is 3.64. The van der Waals surface area contributed by atoms with E-state index >= 15 is 0 Å². The molecule has 4 heteroatoms. The number of nitrogens with two attached hydrogens (primary N) is 1. The molecule has 0 heterocycles. The molecule has 0 spiro atoms. The van der Waals surface area contributed by atoms with Crippen molar-refractivity contribution in [2.45, 2.75) is 13.8 Å². The Labute approximate surface area is 85.2 Å². The molecule has 0 saturated heterocycles. The maximum Gasteiger partial charge on any atom is 0.0660 e. The normalized spacial score (nSPS) is 10.1. The summed E-state index contributed by atoms with van der Waals surface area (Å²) in [5.41, 5.74) is 5.54. The van der Waals surface area contributed by atoms with Crippen LogP contribution in [0.5, 0.6) is 0 Å². The Balaban J connectivity index is 3.40. The predicted molar refractivity (Wildman–Crippen MR) is 56.4 cm³/mol. The molecule has 0 aromatic heterocycles. The van der Waals surface area contributed by atoms with Crippen LogP contribution in [0.4, 0.5) is 5.69 Å². The average molecular weight is 250 g/mol. The Morgan fingerprint density at radius 2 is 2.08 bits per heavy atom. The van der Waals surface area contributed by atoms with E-state index in [9.17, 15) is 0 Å². The zero-order valence-electron chi connectivity index (χ0n) is 6.91. The molecule has 3 N–H and O–H groups in total. The standard InChI is InChI=1S/C8H10BrClN2/c1-4-3-6(10)5(2)7(9)8(4)12-11/h3,12H,11H2,1-2H3. The third-order valence-electron chi connectivity index (χ3n) is 1.79. The molecule has 66 valence electrons. The lowest BCUT2D eigenvalue weighted by Gasteiger charge is -2.11. The van der Waals surface area contributed by atoms with Gasteiger partial charge in [-0.25, -0.2) is 0 Å². The summed E-state index contributed by atoms with van der Waals surface area (Å²) in [7, 11) is 0. The minimum absolute atomic E-state index is 0.748. The van der Waals surface area contributed by atoms with Crippen molar-refractivity contribution in [3.05, 3.63) is 26.7 Å². The van der Waals surface area contributed by atoms with Gasteiger partial charge in [0.15, 0.2) is 0 Å². The van der Waals surface area contributed by atoms with E-state index in [4.69, 9.17) is 17.4 Å². The van der Waals surface area contributed by atoms with Gasteiger partial charge in [0.05, 0.1) is 5.69 Å². The minimum atomic E-state index is 0.748. The van der Waals surface area contributed by atoms with Gasteiger partial charge in [-0.15, -0.1) is 0 Å². The van der Waals surface area contributed by atoms with Crippen LogP contribution in [-0.4, -0.2) is 0 Å². The monoisotopic (exact) mass is 248 g/mol. The number of halogens is 2. The second-order valence-corrected chi connectivity index (χ2v) is 3.83. The van der Waals surface area contributed by atoms with Crippen molar-refractivity contribution in [2.24, 2.45) is 5.84 Å². The maximum atomic E-state index is 5.95. The Kier molecular flexibility index (Phi) is 2.99. The Hall–Kier alpha value is -0.250. The van der Waals surface area contributed by atoms with Crippen LogP contribution in [0.2, 0.25) is 5.02 Å². The summed E-state index contributed by atoms with van der Waals surface area (Å²) in [4.78, 5) is 0. The summed E-state index contributed by atoms with van der Waals surface area (Å²) >= 11 is 9.36. The van der Waals surface area contributed by atoms with E-state index in [2.05, 4.69) is 21.4 Å². The van der Waals surface area contributed by atoms with Gasteiger partial charge in [0.25, 0.3) is 0 Å². The maximum absolute atomic E-state index is 5.95. The third-order valence-corrected chi connectivity index (χ3v) is 3.17. The quantitative estimate of drug-likeness (QED) is 0.593. The molecule has 12 heavy (non-hydrogen) atoms. The van der Waals surface area contributed by atoms with Gasteiger partial charge in [0, 0.05) is 9.50 Å². The summed E-state index contributed by atoms with van der Waals surface area (Å²) in [6.07, 6.45) is 0. The molecular weight excluding hydrogens is 239 g/mol. The molecular formula is C8H10BrClN2. The van der Waals surface area contributed by atoms with E-state index in [1.165, 1.54) is 0 Å². The van der Waals surface area contributed by atoms with E-state index in [1.54, 1.807) is 0 Å². The number of benzene rings is 1. The highest BCUT2D eigenvalue weighted by Crippen LogP contribution is 2.33. The molecule has 1 aromatic rings. The van der Waals surface area contributed by atoms with Gasteiger partial charge in [-0.2, -0.15) is 0 Å². The van der Waals surface area contributed by atoms with Crippen molar-refractivity contribution in [1.29, 1.82) is 0 Å². The van der Waals surface area contributed by atoms with Gasteiger partial charge in [-0.05, 0) is 47.0 Å². The summed E-state index contributed by atoms with van der Waals surface area (Å²) in [5.74, 6) is 5.35. The number of nitrogens with one attached hydrogen (secondary N) is 1. The first-order valence-corrected chi connectivity index (χ1v) is 4.66. The molecule has 0 unspecified atom stereocenters. The zero-order valence-corrected chi connectivity index (χ0v) is 9.25. The first-order valence-electron chi connectivity index (χ1n) is 3.49. The summed E-state index contributed by atoms with van der Waals surface area (Å²) in [6.45, 7) is 3.89. The molecule has 0 saturated carbocycles. The fourth-order valence-electron chi connectivity index (χ4n) is 1.01. The number of hydrogen-bond donors (Lipinski definition) is 2. The largest absolute Gasteiger partial charge is 0.323 e. The third kappa shape index (κ3) is 1.58. The van der Waals surface area contributed by atoms with Crippen LogP contribution in [0.3, 0.4) is 0 Å². The van der Waals surface area contributed by atoms with Gasteiger partial charge in [0.2, 0.25) is 0 Å². The van der Waals surface area contributed by atoms with Gasteiger partial charge in [-0.3, -0.25) is 5.84 Å². The summed E-state index contributed by atoms with van der Waals surface area (Å²) in [5, 5.41) is 0.748. The fraction of sp³-hybridized carbons (Fsp3) is 0.250. The summed E-state index contributed by atoms with van der Waals surface area (Å²) in [6, 6.07) is 1.89. The van der Waals surface area contributed by atoms with Crippen LogP contribution >= 0.6 is 27.5 Å². The molecule has 0 fully saturated rings. The Morgan fingerprint density at radius 1 is 1.50 bits per heavy atom. The van der Waals surface area contributed by atoms with Gasteiger partial charge < -0.3 is 5.43 Å². The van der Waals surface area contributed by atoms with Gasteiger partial charge in [-0.1, -0.05) is 11.6 Å². The SMILES string of the molecule is Cc1cc(Cl)c(C)c(Br)c1NN. The van der Waals surface area contributed by atoms with Crippen LogP contribution in [0.25, 0.3) is 0 Å². The van der Waals surface area contributed by atoms with Crippen LogP contribution in [0.15, 0.2) is 10.5 Å². The number of aryl methyl sites for hydroxylation is 1. The lowest BCUT2D eigenvalue weighted by Crippen LogP contribution is -2.09. The number of rotatable bonds is 1. The van der Waals surface area contributed by atoms with E-state index in [0.29, 0.717) is 0 Å². The molecule has 0 aliphatic heterocycles. The molecule has 2 nitrogen and oxygen atoms in total. The van der Waals surface area contributed by atoms with E-state index in [-0.39, 0.29) is 0 Å². The lowest BCUT2D eigenvalue weighted by atomic mass is 10.1. The molecule has 0 bridgehead atoms. The topological polar surface area (TPSA) is 38.0 Å². The van der Waals surface area contributed by atoms with Crippen molar-refractivity contribution in [3.8, 4) is 0 Å². The van der Waals surface area contributed by atoms with Crippen molar-refractivity contribution < 1.29 is 0 Å². The highest BCUT2D eigenvalue weighted by atomic mass is 79.9. The highest BCUT2D eigenvalue weighted by Gasteiger charge is 2.08. The molecule has 1 aromatic carbocycles. The van der Waals surface area contributed by atoms with Gasteiger partial charge >= 0.3 is 0 Å². The van der Waals surface area contributed by atoms with Crippen molar-refractivity contribution in [1.82, 2.24) is 0 Å². The fourth-order valence-corrected chi connectivity index (χ4v) is 2.03. The zero-order chi connectivity index (χ0) is 9.30. The molecule has 0 amide bonds. The lowest BCUT2D eigenvalue weighted by molar-refractivity contribution is 1.27. The predicted octanol–water partition coefficient (Wildman–Crippen LogP) is 3.00.